The largest absolute Gasteiger partial charge is 0.311 e. The zero-order chi connectivity index (χ0) is 55.7. The van der Waals surface area contributed by atoms with Gasteiger partial charge in [-0.3, -0.25) is 0 Å². The maximum atomic E-state index is 2.77. The van der Waals surface area contributed by atoms with Gasteiger partial charge in [-0.05, 0) is 204 Å². The zero-order valence-corrected chi connectivity index (χ0v) is 50.3. The van der Waals surface area contributed by atoms with Crippen LogP contribution in [0.4, 0.5) is 51.2 Å². The van der Waals surface area contributed by atoms with Crippen molar-refractivity contribution in [3.63, 3.8) is 0 Å². The summed E-state index contributed by atoms with van der Waals surface area (Å²) in [6, 6.07) is 61.9. The maximum Gasteiger partial charge on any atom is 0.252 e. The first kappa shape index (κ1) is 51.6. The summed E-state index contributed by atoms with van der Waals surface area (Å²) in [5.74, 6) is 0. The van der Waals surface area contributed by atoms with Gasteiger partial charge in [-0.1, -0.05) is 195 Å². The summed E-state index contributed by atoms with van der Waals surface area (Å²) < 4.78 is 0. The lowest BCUT2D eigenvalue weighted by atomic mass is 9.33. The highest BCUT2D eigenvalue weighted by Gasteiger charge is 2.51. The Kier molecular flexibility index (Phi) is 11.2. The van der Waals surface area contributed by atoms with E-state index < -0.39 is 0 Å². The van der Waals surface area contributed by atoms with Crippen molar-refractivity contribution in [3.05, 3.63) is 202 Å². The standard InChI is InChI=1S/C75H82BN3/c1-47-36-54-57(71(7,8)35-34-70(54,5)6)42-63(47)79-65-44-59-56(73(11,12)46-75(59,15)16)41-61(65)76-60-40-55-58(74(13,14)45-72(55,9)10)43-64(60)78(62-33-32-49(69(2,3)4)37-53(62)48-26-20-17-21-27-48)66-38-52(39-67(79)68(66)76)77(50-28-22-18-23-29-50)51-30-24-19-25-31-51/h17-33,36-44H,34-35,45-46H2,1-16H3. The minimum atomic E-state index is -0.0579. The number of hydrogen-bond acceptors (Lipinski definition) is 3. The van der Waals surface area contributed by atoms with Crippen LogP contribution in [0.1, 0.15) is 174 Å². The second-order valence-corrected chi connectivity index (χ2v) is 29.6. The smallest absolute Gasteiger partial charge is 0.252 e. The second-order valence-electron chi connectivity index (χ2n) is 29.6. The van der Waals surface area contributed by atoms with Crippen LogP contribution < -0.4 is 31.1 Å². The maximum absolute atomic E-state index is 2.77. The first-order valence-electron chi connectivity index (χ1n) is 29.6. The summed E-state index contributed by atoms with van der Waals surface area (Å²) in [5, 5.41) is 0. The van der Waals surface area contributed by atoms with Gasteiger partial charge in [-0.25, -0.2) is 0 Å². The first-order valence-corrected chi connectivity index (χ1v) is 29.6. The molecular weight excluding hydrogens is 954 g/mol. The number of benzene rings is 8. The van der Waals surface area contributed by atoms with E-state index >= 15 is 0 Å². The number of rotatable bonds is 6. The lowest BCUT2D eigenvalue weighted by Crippen LogP contribution is -2.62. The van der Waals surface area contributed by atoms with Gasteiger partial charge in [0.15, 0.2) is 0 Å². The highest BCUT2D eigenvalue weighted by atomic mass is 15.2. The Morgan fingerprint density at radius 2 is 0.797 bits per heavy atom. The number of aryl methyl sites for hydroxylation is 1. The number of para-hydroxylation sites is 2. The van der Waals surface area contributed by atoms with Crippen molar-refractivity contribution in [1.82, 2.24) is 0 Å². The fraction of sp³-hybridized carbons (Fsp3) is 0.360. The van der Waals surface area contributed by atoms with Crippen molar-refractivity contribution in [2.75, 3.05) is 14.7 Å². The van der Waals surface area contributed by atoms with Gasteiger partial charge in [0.25, 0.3) is 6.71 Å². The lowest BCUT2D eigenvalue weighted by Gasteiger charge is -2.47. The molecule has 0 saturated heterocycles. The van der Waals surface area contributed by atoms with Crippen LogP contribution in [0.5, 0.6) is 0 Å². The predicted molar refractivity (Wildman–Crippen MR) is 341 cm³/mol. The van der Waals surface area contributed by atoms with Gasteiger partial charge in [-0.15, -0.1) is 0 Å². The third-order valence-electron chi connectivity index (χ3n) is 19.9. The molecule has 0 radical (unpaired) electrons. The van der Waals surface area contributed by atoms with Crippen LogP contribution in [0.2, 0.25) is 0 Å². The second kappa shape index (κ2) is 17.1. The van der Waals surface area contributed by atoms with E-state index in [1.807, 2.05) is 0 Å². The third-order valence-corrected chi connectivity index (χ3v) is 19.9. The molecule has 79 heavy (non-hydrogen) atoms. The molecule has 13 rings (SSSR count). The summed E-state index contributed by atoms with van der Waals surface area (Å²) >= 11 is 0. The van der Waals surface area contributed by atoms with Gasteiger partial charge < -0.3 is 14.7 Å². The van der Waals surface area contributed by atoms with E-state index in [0.717, 1.165) is 36.3 Å². The third kappa shape index (κ3) is 7.95. The van der Waals surface area contributed by atoms with Gasteiger partial charge in [0.2, 0.25) is 0 Å². The fourth-order valence-corrected chi connectivity index (χ4v) is 16.2. The van der Waals surface area contributed by atoms with E-state index in [9.17, 15) is 0 Å². The summed E-state index contributed by atoms with van der Waals surface area (Å²) in [7, 11) is 0. The highest BCUT2D eigenvalue weighted by Crippen LogP contribution is 2.58. The molecule has 0 N–H and O–H groups in total. The van der Waals surface area contributed by atoms with Crippen LogP contribution in [0.15, 0.2) is 158 Å². The molecule has 8 aromatic carbocycles. The van der Waals surface area contributed by atoms with Gasteiger partial charge in [0.05, 0.1) is 11.4 Å². The number of anilines is 9. The molecule has 0 spiro atoms. The minimum Gasteiger partial charge on any atom is -0.311 e. The quantitative estimate of drug-likeness (QED) is 0.154. The average molecular weight is 1040 g/mol. The number of fused-ring (bicyclic) bond motifs is 7. The van der Waals surface area contributed by atoms with Gasteiger partial charge >= 0.3 is 0 Å². The normalized spacial score (nSPS) is 19.0. The van der Waals surface area contributed by atoms with Crippen molar-refractivity contribution >= 4 is 74.3 Å². The molecule has 2 aliphatic heterocycles. The molecule has 0 atom stereocenters. The molecule has 0 bridgehead atoms. The molecule has 400 valence electrons. The Morgan fingerprint density at radius 3 is 1.27 bits per heavy atom. The Balaban J connectivity index is 1.23. The molecular formula is C75H82BN3. The predicted octanol–water partition coefficient (Wildman–Crippen LogP) is 18.8. The van der Waals surface area contributed by atoms with Crippen LogP contribution in [0.25, 0.3) is 11.1 Å². The van der Waals surface area contributed by atoms with E-state index in [0.29, 0.717) is 0 Å². The molecule has 2 heterocycles. The van der Waals surface area contributed by atoms with Crippen LogP contribution in [0.3, 0.4) is 0 Å². The average Bonchev–Trinajstić information content (AvgIpc) is 2.42. The van der Waals surface area contributed by atoms with Crippen molar-refractivity contribution in [2.24, 2.45) is 0 Å². The molecule has 0 fully saturated rings. The molecule has 5 aliphatic rings. The Hall–Kier alpha value is -6.78. The number of nitrogens with zero attached hydrogens (tertiary/aromatic N) is 3. The van der Waals surface area contributed by atoms with E-state index in [1.54, 1.807) is 0 Å². The van der Waals surface area contributed by atoms with E-state index in [4.69, 9.17) is 0 Å². The van der Waals surface area contributed by atoms with Crippen molar-refractivity contribution in [1.29, 1.82) is 0 Å². The van der Waals surface area contributed by atoms with Crippen molar-refractivity contribution in [3.8, 4) is 11.1 Å². The Labute approximate surface area is 474 Å². The minimum absolute atomic E-state index is 0.00172. The van der Waals surface area contributed by atoms with Crippen LogP contribution >= 0.6 is 0 Å². The van der Waals surface area contributed by atoms with Crippen LogP contribution in [-0.4, -0.2) is 6.71 Å². The fourth-order valence-electron chi connectivity index (χ4n) is 16.2. The summed E-state index contributed by atoms with van der Waals surface area (Å²) in [6.07, 6.45) is 4.52. The molecule has 3 nitrogen and oxygen atoms in total. The molecule has 4 heteroatoms. The SMILES string of the molecule is Cc1cc2c(cc1N1c3cc4c(cc3B3c5cc6c(cc5N(c5ccc(C(C)(C)C)cc5-c5ccccc5)c5cc(N(c7ccccc7)c7ccccc7)cc1c53)C(C)(C)CC6(C)C)C(C)(C)CC4(C)C)C(C)(C)CCC2(C)C. The van der Waals surface area contributed by atoms with Gasteiger partial charge in [0, 0.05) is 45.4 Å². The van der Waals surface area contributed by atoms with Crippen molar-refractivity contribution < 1.29 is 0 Å². The molecule has 0 aromatic heterocycles. The molecule has 0 unspecified atom stereocenters. The van der Waals surface area contributed by atoms with Gasteiger partial charge in [0.1, 0.15) is 0 Å². The van der Waals surface area contributed by atoms with E-state index in [2.05, 4.69) is 283 Å². The molecule has 8 aromatic rings. The van der Waals surface area contributed by atoms with E-state index in [1.165, 1.54) is 113 Å². The topological polar surface area (TPSA) is 9.72 Å². The summed E-state index contributed by atoms with van der Waals surface area (Å²) in [4.78, 5) is 8.00. The molecule has 3 aliphatic carbocycles. The monoisotopic (exact) mass is 1040 g/mol. The Bertz CT molecular complexity index is 3750. The summed E-state index contributed by atoms with van der Waals surface area (Å²) in [5.41, 5.74) is 29.1. The molecule has 0 saturated carbocycles. The van der Waals surface area contributed by atoms with Gasteiger partial charge in [-0.2, -0.15) is 0 Å². The van der Waals surface area contributed by atoms with Crippen LogP contribution in [0, 0.1) is 6.92 Å². The lowest BCUT2D eigenvalue weighted by molar-refractivity contribution is 0.332. The number of hydrogen-bond donors (Lipinski definition) is 0. The first-order chi connectivity index (χ1) is 37.2. The van der Waals surface area contributed by atoms with E-state index in [-0.39, 0.29) is 44.6 Å². The zero-order valence-electron chi connectivity index (χ0n) is 50.3. The Morgan fingerprint density at radius 1 is 0.392 bits per heavy atom. The van der Waals surface area contributed by atoms with Crippen LogP contribution in [-0.2, 0) is 37.9 Å². The highest BCUT2D eigenvalue weighted by molar-refractivity contribution is 7.00. The van der Waals surface area contributed by atoms with Crippen molar-refractivity contribution in [2.45, 2.75) is 174 Å². The summed E-state index contributed by atoms with van der Waals surface area (Å²) in [6.45, 7) is 39.3. The molecule has 0 amide bonds.